The molecule has 1 aromatic rings. The molecule has 0 bridgehead atoms. The zero-order valence-corrected chi connectivity index (χ0v) is 22.2. The summed E-state index contributed by atoms with van der Waals surface area (Å²) in [6, 6.07) is 3.91. The number of carbonyl (C=O) groups excluding carboxylic acids is 4. The second kappa shape index (κ2) is 31.2. The number of allylic oxidation sites excluding steroid dienone is 2. The molecule has 1 N–H and O–H groups in total. The number of furan rings is 1. The number of rotatable bonds is 11. The minimum absolute atomic E-state index is 0. The first kappa shape index (κ1) is 47.4. The molecule has 0 saturated heterocycles. The number of ketones is 3. The molecule has 0 saturated carbocycles. The van der Waals surface area contributed by atoms with E-state index in [0.717, 1.165) is 30.6 Å². The normalized spacial score (nSPS) is 10.5. The van der Waals surface area contributed by atoms with E-state index in [2.05, 4.69) is 6.92 Å². The molecule has 7 heteroatoms. The van der Waals surface area contributed by atoms with E-state index < -0.39 is 11.9 Å². The quantitative estimate of drug-likeness (QED) is 0.227. The number of hydrogen-bond acceptors (Lipinski definition) is 6. The first-order chi connectivity index (χ1) is 15.9. The monoisotopic (exact) mass is 528 g/mol. The summed E-state index contributed by atoms with van der Waals surface area (Å²) in [4.78, 5) is 51.0. The predicted octanol–water partition coefficient (Wildman–Crippen LogP) is 8.18. The van der Waals surface area contributed by atoms with E-state index in [-0.39, 0.29) is 52.0 Å². The summed E-state index contributed by atoms with van der Waals surface area (Å²) in [5.41, 5.74) is 0. The van der Waals surface area contributed by atoms with Crippen molar-refractivity contribution in [3.63, 3.8) is 0 Å². The molecular weight excluding hydrogens is 472 g/mol. The van der Waals surface area contributed by atoms with Gasteiger partial charge in [0.15, 0.2) is 5.78 Å². The van der Waals surface area contributed by atoms with Crippen molar-refractivity contribution in [1.29, 1.82) is 0 Å². The van der Waals surface area contributed by atoms with Gasteiger partial charge >= 0.3 is 5.97 Å². The molecule has 7 nitrogen and oxygen atoms in total. The summed E-state index contributed by atoms with van der Waals surface area (Å²) in [6.45, 7) is 14.2. The molecule has 0 aliphatic rings. The van der Waals surface area contributed by atoms with Crippen LogP contribution < -0.4 is 0 Å². The van der Waals surface area contributed by atoms with Crippen LogP contribution in [0.15, 0.2) is 28.7 Å². The number of aryl methyl sites for hydroxylation is 1. The SMILES string of the molecule is C.C.C.CC/C=C/C(C)=O.CCC(CC(C)=O)C(=O)O.CCC(CC(C)=O)c1ccc(C)o1.CCC=O. The van der Waals surface area contributed by atoms with Gasteiger partial charge in [-0.2, -0.15) is 0 Å². The molecule has 1 rings (SSSR count). The largest absolute Gasteiger partial charge is 0.481 e. The first-order valence-electron chi connectivity index (χ1n) is 11.8. The Hall–Kier alpha value is -2.83. The van der Waals surface area contributed by atoms with Gasteiger partial charge in [0.05, 0.1) is 5.92 Å². The van der Waals surface area contributed by atoms with Gasteiger partial charge in [0.1, 0.15) is 29.4 Å². The number of carboxylic acids is 1. The fourth-order valence-corrected chi connectivity index (χ4v) is 2.50. The lowest BCUT2D eigenvalue weighted by molar-refractivity contribution is -0.143. The maximum absolute atomic E-state index is 11.0. The summed E-state index contributed by atoms with van der Waals surface area (Å²) < 4.78 is 5.49. The topological polar surface area (TPSA) is 119 Å². The third-order valence-corrected chi connectivity index (χ3v) is 4.32. The molecule has 0 fully saturated rings. The number of carbonyl (C=O) groups is 5. The van der Waals surface area contributed by atoms with E-state index in [1.165, 1.54) is 6.92 Å². The fraction of sp³-hybridized carbons (Fsp3) is 0.633. The van der Waals surface area contributed by atoms with Crippen LogP contribution in [0.1, 0.15) is 127 Å². The molecule has 218 valence electrons. The number of Topliss-reactive ketones (excluding diaryl/α,β-unsaturated/α-hetero) is 2. The van der Waals surface area contributed by atoms with Gasteiger partial charge in [0.25, 0.3) is 0 Å². The molecule has 0 amide bonds. The van der Waals surface area contributed by atoms with E-state index in [9.17, 15) is 24.0 Å². The number of aldehydes is 1. The smallest absolute Gasteiger partial charge is 0.306 e. The van der Waals surface area contributed by atoms with Crippen molar-refractivity contribution in [2.75, 3.05) is 0 Å². The zero-order chi connectivity index (χ0) is 27.1. The minimum Gasteiger partial charge on any atom is -0.481 e. The Labute approximate surface area is 227 Å². The molecular formula is C30H56O7. The van der Waals surface area contributed by atoms with Crippen LogP contribution in [0, 0.1) is 12.8 Å². The van der Waals surface area contributed by atoms with Gasteiger partial charge in [-0.05, 0) is 65.2 Å². The zero-order valence-electron chi connectivity index (χ0n) is 22.2. The van der Waals surface area contributed by atoms with Gasteiger partial charge in [0, 0.05) is 25.2 Å². The lowest BCUT2D eigenvalue weighted by Gasteiger charge is -2.08. The number of carboxylic acid groups (broad SMARTS) is 1. The highest BCUT2D eigenvalue weighted by Gasteiger charge is 2.16. The van der Waals surface area contributed by atoms with E-state index in [4.69, 9.17) is 9.52 Å². The van der Waals surface area contributed by atoms with E-state index >= 15 is 0 Å². The van der Waals surface area contributed by atoms with Gasteiger partial charge in [-0.15, -0.1) is 0 Å². The van der Waals surface area contributed by atoms with Crippen molar-refractivity contribution in [2.45, 2.75) is 122 Å². The van der Waals surface area contributed by atoms with Crippen LogP contribution in [0.3, 0.4) is 0 Å². The molecule has 0 spiro atoms. The van der Waals surface area contributed by atoms with Gasteiger partial charge in [-0.3, -0.25) is 9.59 Å². The predicted molar refractivity (Wildman–Crippen MR) is 155 cm³/mol. The van der Waals surface area contributed by atoms with E-state index in [0.29, 0.717) is 19.3 Å². The van der Waals surface area contributed by atoms with Gasteiger partial charge in [0.2, 0.25) is 0 Å². The molecule has 1 aromatic heterocycles. The molecule has 1 heterocycles. The summed E-state index contributed by atoms with van der Waals surface area (Å²) in [7, 11) is 0. The Morgan fingerprint density at radius 3 is 1.54 bits per heavy atom. The second-order valence-corrected chi connectivity index (χ2v) is 7.81. The van der Waals surface area contributed by atoms with Crippen molar-refractivity contribution >= 4 is 29.6 Å². The van der Waals surface area contributed by atoms with Crippen molar-refractivity contribution in [3.8, 4) is 0 Å². The van der Waals surface area contributed by atoms with Gasteiger partial charge in [-0.25, -0.2) is 0 Å². The molecule has 0 radical (unpaired) electrons. The van der Waals surface area contributed by atoms with E-state index in [1.807, 2.05) is 39.0 Å². The molecule has 2 unspecified atom stereocenters. The van der Waals surface area contributed by atoms with E-state index in [1.54, 1.807) is 26.8 Å². The molecule has 37 heavy (non-hydrogen) atoms. The van der Waals surface area contributed by atoms with Crippen molar-refractivity contribution < 1.29 is 33.5 Å². The molecule has 0 aliphatic carbocycles. The summed E-state index contributed by atoms with van der Waals surface area (Å²) in [6.07, 6.45) is 8.11. The van der Waals surface area contributed by atoms with Crippen LogP contribution in [0.2, 0.25) is 0 Å². The summed E-state index contributed by atoms with van der Waals surface area (Å²) >= 11 is 0. The fourth-order valence-electron chi connectivity index (χ4n) is 2.50. The average Bonchev–Trinajstić information content (AvgIpc) is 3.20. The summed E-state index contributed by atoms with van der Waals surface area (Å²) in [5, 5.41) is 8.47. The Bertz CT molecular complexity index is 745. The van der Waals surface area contributed by atoms with Gasteiger partial charge < -0.3 is 23.9 Å². The van der Waals surface area contributed by atoms with Crippen LogP contribution in [0.5, 0.6) is 0 Å². The number of aliphatic carboxylic acids is 1. The highest BCUT2D eigenvalue weighted by atomic mass is 16.4. The second-order valence-electron chi connectivity index (χ2n) is 7.81. The molecule has 0 aliphatic heterocycles. The van der Waals surface area contributed by atoms with Crippen LogP contribution in [-0.2, 0) is 24.0 Å². The standard InChI is InChI=1S/C11H16O2.C7H12O3.C6H10O.C3H6O.3CH4/c1-4-10(7-8(2)12)11-6-5-9(3)13-11;1-3-6(7(9)10)4-5(2)8;1-3-4-5-6(2)7;1-2-3-4;;;/h5-6,10H,4,7H2,1-3H3;6H,3-4H2,1-2H3,(H,9,10);4-5H,3H2,1-2H3;3H,2H2,1H3;3*1H4/b;;5-4+;;;;. The lowest BCUT2D eigenvalue weighted by atomic mass is 9.98. The van der Waals surface area contributed by atoms with Crippen LogP contribution in [-0.4, -0.2) is 34.7 Å². The maximum Gasteiger partial charge on any atom is 0.306 e. The van der Waals surface area contributed by atoms with Crippen molar-refractivity contribution in [3.05, 3.63) is 35.8 Å². The van der Waals surface area contributed by atoms with Crippen LogP contribution in [0.4, 0.5) is 0 Å². The third-order valence-electron chi connectivity index (χ3n) is 4.32. The minimum atomic E-state index is -0.877. The highest BCUT2D eigenvalue weighted by Crippen LogP contribution is 2.25. The Balaban J connectivity index is -0.0000000904. The Morgan fingerprint density at radius 1 is 0.865 bits per heavy atom. The molecule has 2 atom stereocenters. The average molecular weight is 529 g/mol. The maximum atomic E-state index is 11.0. The first-order valence-corrected chi connectivity index (χ1v) is 11.8. The van der Waals surface area contributed by atoms with Crippen molar-refractivity contribution in [2.24, 2.45) is 5.92 Å². The van der Waals surface area contributed by atoms with Gasteiger partial charge in [-0.1, -0.05) is 56.1 Å². The number of hydrogen-bond donors (Lipinski definition) is 1. The Kier molecular flexibility index (Phi) is 40.0. The Morgan fingerprint density at radius 2 is 1.35 bits per heavy atom. The summed E-state index contributed by atoms with van der Waals surface area (Å²) in [5.74, 6) is 1.03. The molecule has 0 aromatic carbocycles. The van der Waals surface area contributed by atoms with Crippen molar-refractivity contribution in [1.82, 2.24) is 0 Å². The third kappa shape index (κ3) is 33.2. The van der Waals surface area contributed by atoms with Crippen LogP contribution >= 0.6 is 0 Å². The highest BCUT2D eigenvalue weighted by molar-refractivity contribution is 5.87. The lowest BCUT2D eigenvalue weighted by Crippen LogP contribution is -2.15. The van der Waals surface area contributed by atoms with Crippen LogP contribution in [0.25, 0.3) is 0 Å².